The number of pyridine rings is 1. The molecule has 1 aliphatic carbocycles. The Morgan fingerprint density at radius 2 is 1.64 bits per heavy atom. The van der Waals surface area contributed by atoms with E-state index in [0.29, 0.717) is 16.3 Å². The highest BCUT2D eigenvalue weighted by Gasteiger charge is 2.34. The molecule has 6 heteroatoms. The average molecular weight is 462 g/mol. The smallest absolute Gasteiger partial charge is 0.273 e. The van der Waals surface area contributed by atoms with Gasteiger partial charge in [-0.1, -0.05) is 79.4 Å². The van der Waals surface area contributed by atoms with Crippen molar-refractivity contribution in [3.8, 4) is 0 Å². The number of nitrogens with zero attached hydrogens (tertiary/aromatic N) is 2. The third kappa shape index (κ3) is 5.99. The van der Waals surface area contributed by atoms with E-state index in [4.69, 9.17) is 11.6 Å². The van der Waals surface area contributed by atoms with Crippen molar-refractivity contribution in [1.82, 2.24) is 15.2 Å². The van der Waals surface area contributed by atoms with Crippen molar-refractivity contribution in [2.75, 3.05) is 0 Å². The Kier molecular flexibility index (Phi) is 7.74. The minimum Gasteiger partial charge on any atom is -0.351 e. The summed E-state index contributed by atoms with van der Waals surface area (Å²) >= 11 is 6.13. The Bertz CT molecular complexity index is 1050. The highest BCUT2D eigenvalue weighted by atomic mass is 35.5. The van der Waals surface area contributed by atoms with Crippen LogP contribution in [0.1, 0.15) is 59.8 Å². The average Bonchev–Trinajstić information content (AvgIpc) is 2.86. The first-order valence-electron chi connectivity index (χ1n) is 11.4. The fraction of sp³-hybridized carbons (Fsp3) is 0.296. The van der Waals surface area contributed by atoms with Crippen LogP contribution in [-0.2, 0) is 11.3 Å². The summed E-state index contributed by atoms with van der Waals surface area (Å²) in [4.78, 5) is 33.3. The zero-order chi connectivity index (χ0) is 23.0. The quantitative estimate of drug-likeness (QED) is 0.500. The van der Waals surface area contributed by atoms with Crippen molar-refractivity contribution in [3.05, 3.63) is 101 Å². The molecule has 0 aliphatic heterocycles. The van der Waals surface area contributed by atoms with Gasteiger partial charge in [0, 0.05) is 23.8 Å². The monoisotopic (exact) mass is 461 g/mol. The first-order valence-corrected chi connectivity index (χ1v) is 11.8. The predicted octanol–water partition coefficient (Wildman–Crippen LogP) is 5.57. The van der Waals surface area contributed by atoms with Gasteiger partial charge in [-0.25, -0.2) is 0 Å². The van der Waals surface area contributed by atoms with Gasteiger partial charge >= 0.3 is 0 Å². The summed E-state index contributed by atoms with van der Waals surface area (Å²) < 4.78 is 0. The number of hydrogen-bond donors (Lipinski definition) is 1. The van der Waals surface area contributed by atoms with Gasteiger partial charge < -0.3 is 10.2 Å². The summed E-state index contributed by atoms with van der Waals surface area (Å²) in [5, 5.41) is 3.80. The van der Waals surface area contributed by atoms with Crippen molar-refractivity contribution in [2.45, 2.75) is 50.7 Å². The number of carbonyl (C=O) groups excluding carboxylic acids is 2. The molecule has 1 N–H and O–H groups in total. The maximum atomic E-state index is 13.7. The van der Waals surface area contributed by atoms with Crippen LogP contribution in [0.5, 0.6) is 0 Å². The van der Waals surface area contributed by atoms with Gasteiger partial charge in [-0.3, -0.25) is 14.6 Å². The molecular formula is C27H28ClN3O2. The Hall–Kier alpha value is -3.18. The molecule has 0 radical (unpaired) electrons. The van der Waals surface area contributed by atoms with E-state index >= 15 is 0 Å². The number of carbonyl (C=O) groups is 2. The van der Waals surface area contributed by atoms with Crippen LogP contribution < -0.4 is 5.32 Å². The van der Waals surface area contributed by atoms with Crippen molar-refractivity contribution >= 4 is 23.4 Å². The molecule has 1 aliphatic rings. The molecule has 1 atom stereocenters. The molecule has 3 aromatic rings. The summed E-state index contributed by atoms with van der Waals surface area (Å²) in [7, 11) is 0. The molecule has 5 nitrogen and oxygen atoms in total. The molecule has 4 rings (SSSR count). The lowest BCUT2D eigenvalue weighted by atomic mass is 9.94. The standard InChI is InChI=1S/C27H28ClN3O2/c28-22-16-14-21(15-17-22)25(26(32)30-23-11-5-2-6-12-23)31(19-20-9-3-1-4-10-20)27(33)24-13-7-8-18-29-24/h1,3-4,7-10,13-18,23,25H,2,5-6,11-12,19H2,(H,30,32). The van der Waals surface area contributed by atoms with Crippen LogP contribution in [0.3, 0.4) is 0 Å². The van der Waals surface area contributed by atoms with E-state index in [2.05, 4.69) is 10.3 Å². The summed E-state index contributed by atoms with van der Waals surface area (Å²) in [6.45, 7) is 0.279. The fourth-order valence-electron chi connectivity index (χ4n) is 4.34. The lowest BCUT2D eigenvalue weighted by Gasteiger charge is -2.33. The number of halogens is 1. The van der Waals surface area contributed by atoms with E-state index in [1.54, 1.807) is 41.4 Å². The zero-order valence-corrected chi connectivity index (χ0v) is 19.2. The molecule has 0 spiro atoms. The minimum absolute atomic E-state index is 0.129. The SMILES string of the molecule is O=C(NC1CCCCC1)C(c1ccc(Cl)cc1)N(Cc1ccccc1)C(=O)c1ccccn1. The van der Waals surface area contributed by atoms with E-state index in [1.807, 2.05) is 42.5 Å². The summed E-state index contributed by atoms with van der Waals surface area (Å²) in [5.74, 6) is -0.470. The molecule has 170 valence electrons. The summed E-state index contributed by atoms with van der Waals surface area (Å²) in [6.07, 6.45) is 6.94. The number of amides is 2. The van der Waals surface area contributed by atoms with Gasteiger partial charge in [0.15, 0.2) is 0 Å². The molecule has 1 saturated carbocycles. The Labute approximate surface area is 199 Å². The summed E-state index contributed by atoms with van der Waals surface area (Å²) in [5.41, 5.74) is 1.96. The number of hydrogen-bond acceptors (Lipinski definition) is 3. The maximum Gasteiger partial charge on any atom is 0.273 e. The van der Waals surface area contributed by atoms with Crippen molar-refractivity contribution in [2.24, 2.45) is 0 Å². The predicted molar refractivity (Wildman–Crippen MR) is 130 cm³/mol. The van der Waals surface area contributed by atoms with Crippen molar-refractivity contribution in [1.29, 1.82) is 0 Å². The van der Waals surface area contributed by atoms with Gasteiger partial charge in [0.05, 0.1) is 0 Å². The van der Waals surface area contributed by atoms with Crippen LogP contribution in [0.4, 0.5) is 0 Å². The molecular weight excluding hydrogens is 434 g/mol. The highest BCUT2D eigenvalue weighted by Crippen LogP contribution is 2.28. The second-order valence-electron chi connectivity index (χ2n) is 8.43. The van der Waals surface area contributed by atoms with Crippen LogP contribution in [-0.4, -0.2) is 27.7 Å². The van der Waals surface area contributed by atoms with Gasteiger partial charge in [0.1, 0.15) is 11.7 Å². The molecule has 1 aromatic heterocycles. The van der Waals surface area contributed by atoms with E-state index in [-0.39, 0.29) is 24.4 Å². The molecule has 33 heavy (non-hydrogen) atoms. The van der Waals surface area contributed by atoms with Crippen molar-refractivity contribution in [3.63, 3.8) is 0 Å². The third-order valence-electron chi connectivity index (χ3n) is 6.04. The van der Waals surface area contributed by atoms with Gasteiger partial charge in [-0.2, -0.15) is 0 Å². The largest absolute Gasteiger partial charge is 0.351 e. The molecule has 1 unspecified atom stereocenters. The molecule has 1 heterocycles. The molecule has 2 amide bonds. The first-order chi connectivity index (χ1) is 16.1. The molecule has 2 aromatic carbocycles. The molecule has 1 fully saturated rings. The third-order valence-corrected chi connectivity index (χ3v) is 6.29. The lowest BCUT2D eigenvalue weighted by Crippen LogP contribution is -2.47. The second-order valence-corrected chi connectivity index (χ2v) is 8.87. The van der Waals surface area contributed by atoms with Crippen LogP contribution in [0.15, 0.2) is 79.0 Å². The minimum atomic E-state index is -0.807. The van der Waals surface area contributed by atoms with Gasteiger partial charge in [-0.15, -0.1) is 0 Å². The van der Waals surface area contributed by atoms with E-state index < -0.39 is 6.04 Å². The van der Waals surface area contributed by atoms with E-state index in [1.165, 1.54) is 6.42 Å². The highest BCUT2D eigenvalue weighted by molar-refractivity contribution is 6.30. The molecule has 0 bridgehead atoms. The van der Waals surface area contributed by atoms with Crippen LogP contribution in [0, 0.1) is 0 Å². The number of rotatable bonds is 7. The molecule has 0 saturated heterocycles. The number of aromatic nitrogens is 1. The van der Waals surface area contributed by atoms with Gasteiger partial charge in [0.2, 0.25) is 5.91 Å². The van der Waals surface area contributed by atoms with Gasteiger partial charge in [0.25, 0.3) is 5.91 Å². The van der Waals surface area contributed by atoms with E-state index in [0.717, 1.165) is 31.2 Å². The Balaban J connectivity index is 1.72. The Morgan fingerprint density at radius 3 is 2.30 bits per heavy atom. The normalized spacial score (nSPS) is 14.9. The Morgan fingerprint density at radius 1 is 0.939 bits per heavy atom. The van der Waals surface area contributed by atoms with Crippen LogP contribution in [0.25, 0.3) is 0 Å². The maximum absolute atomic E-state index is 13.7. The first kappa shape index (κ1) is 23.0. The van der Waals surface area contributed by atoms with Crippen molar-refractivity contribution < 1.29 is 9.59 Å². The lowest BCUT2D eigenvalue weighted by molar-refractivity contribution is -0.127. The van der Waals surface area contributed by atoms with Crippen LogP contribution in [0.2, 0.25) is 5.02 Å². The second kappa shape index (κ2) is 11.1. The fourth-order valence-corrected chi connectivity index (χ4v) is 4.47. The van der Waals surface area contributed by atoms with Crippen LogP contribution >= 0.6 is 11.6 Å². The number of benzene rings is 2. The summed E-state index contributed by atoms with van der Waals surface area (Å²) in [6, 6.07) is 21.4. The zero-order valence-electron chi connectivity index (χ0n) is 18.5. The topological polar surface area (TPSA) is 62.3 Å². The number of nitrogens with one attached hydrogen (secondary N) is 1. The van der Waals surface area contributed by atoms with Gasteiger partial charge in [-0.05, 0) is 48.2 Å². The van der Waals surface area contributed by atoms with E-state index in [9.17, 15) is 9.59 Å².